The lowest BCUT2D eigenvalue weighted by Gasteiger charge is -2.07. The molecule has 3 nitrogen and oxygen atoms in total. The van der Waals surface area contributed by atoms with E-state index in [1.165, 1.54) is 37.8 Å². The Labute approximate surface area is 99.2 Å². The molecule has 0 atom stereocenters. The fourth-order valence-corrected chi connectivity index (χ4v) is 1.83. The zero-order chi connectivity index (χ0) is 11.6. The highest BCUT2D eigenvalue weighted by atomic mass is 15.3. The fourth-order valence-electron chi connectivity index (χ4n) is 1.83. The molecule has 1 N–H and O–H groups in total. The van der Waals surface area contributed by atoms with E-state index < -0.39 is 0 Å². The van der Waals surface area contributed by atoms with Crippen molar-refractivity contribution < 1.29 is 0 Å². The second-order valence-electron chi connectivity index (χ2n) is 4.24. The molecule has 0 unspecified atom stereocenters. The van der Waals surface area contributed by atoms with Gasteiger partial charge >= 0.3 is 0 Å². The topological polar surface area (TPSA) is 29.9 Å². The second-order valence-corrected chi connectivity index (χ2v) is 4.24. The summed E-state index contributed by atoms with van der Waals surface area (Å²) in [5.74, 6) is 0. The molecule has 0 amide bonds. The van der Waals surface area contributed by atoms with Crippen molar-refractivity contribution in [1.29, 1.82) is 0 Å². The van der Waals surface area contributed by atoms with E-state index in [4.69, 9.17) is 0 Å². The van der Waals surface area contributed by atoms with Crippen LogP contribution in [-0.4, -0.2) is 16.3 Å². The van der Waals surface area contributed by atoms with Crippen LogP contribution in [0, 0.1) is 0 Å². The Morgan fingerprint density at radius 2 is 2.00 bits per heavy atom. The number of nitrogens with one attached hydrogen (secondary N) is 1. The summed E-state index contributed by atoms with van der Waals surface area (Å²) in [6.45, 7) is 7.40. The summed E-state index contributed by atoms with van der Waals surface area (Å²) in [6.07, 6.45) is 8.52. The number of hydrogen-bond acceptors (Lipinski definition) is 2. The molecule has 0 aliphatic rings. The molecule has 0 bridgehead atoms. The molecule has 16 heavy (non-hydrogen) atoms. The minimum atomic E-state index is 0.936. The van der Waals surface area contributed by atoms with Gasteiger partial charge in [0.2, 0.25) is 0 Å². The van der Waals surface area contributed by atoms with Crippen LogP contribution in [0.3, 0.4) is 0 Å². The minimum absolute atomic E-state index is 0.936. The van der Waals surface area contributed by atoms with Crippen LogP contribution >= 0.6 is 0 Å². The number of rotatable bonds is 9. The third-order valence-electron chi connectivity index (χ3n) is 2.83. The normalized spacial score (nSPS) is 10.9. The number of unbranched alkanes of at least 4 members (excludes halogenated alkanes) is 4. The van der Waals surface area contributed by atoms with E-state index in [2.05, 4.69) is 35.0 Å². The molecule has 1 heterocycles. The Bertz CT molecular complexity index is 268. The summed E-state index contributed by atoms with van der Waals surface area (Å²) < 4.78 is 2.13. The van der Waals surface area contributed by atoms with E-state index in [1.807, 2.05) is 6.20 Å². The van der Waals surface area contributed by atoms with Crippen LogP contribution in [0.5, 0.6) is 0 Å². The summed E-state index contributed by atoms with van der Waals surface area (Å²) >= 11 is 0. The lowest BCUT2D eigenvalue weighted by Crippen LogP contribution is -2.16. The van der Waals surface area contributed by atoms with Crippen molar-refractivity contribution >= 4 is 0 Å². The number of aryl methyl sites for hydroxylation is 1. The highest BCUT2D eigenvalue weighted by molar-refractivity contribution is 4.99. The lowest BCUT2D eigenvalue weighted by atomic mass is 10.1. The Hall–Kier alpha value is -0.830. The van der Waals surface area contributed by atoms with Gasteiger partial charge in [-0.3, -0.25) is 4.68 Å². The lowest BCUT2D eigenvalue weighted by molar-refractivity contribution is 0.509. The first-order valence-corrected chi connectivity index (χ1v) is 6.59. The molecule has 0 aliphatic carbocycles. The van der Waals surface area contributed by atoms with E-state index in [-0.39, 0.29) is 0 Å². The molecule has 0 radical (unpaired) electrons. The molecule has 0 spiro atoms. The van der Waals surface area contributed by atoms with Crippen molar-refractivity contribution in [3.63, 3.8) is 0 Å². The SMILES string of the molecule is CCCCCCCn1nccc1CNCC. The molecule has 0 saturated heterocycles. The van der Waals surface area contributed by atoms with Crippen LogP contribution in [-0.2, 0) is 13.1 Å². The fraction of sp³-hybridized carbons (Fsp3) is 0.769. The maximum atomic E-state index is 4.36. The number of aromatic nitrogens is 2. The maximum absolute atomic E-state index is 4.36. The molecule has 0 aliphatic heterocycles. The highest BCUT2D eigenvalue weighted by Gasteiger charge is 2.00. The molecule has 92 valence electrons. The van der Waals surface area contributed by atoms with Gasteiger partial charge in [0.1, 0.15) is 0 Å². The molecule has 3 heteroatoms. The average molecular weight is 223 g/mol. The Morgan fingerprint density at radius 3 is 2.75 bits per heavy atom. The van der Waals surface area contributed by atoms with Crippen molar-refractivity contribution in [3.05, 3.63) is 18.0 Å². The van der Waals surface area contributed by atoms with Gasteiger partial charge < -0.3 is 5.32 Å². The Balaban J connectivity index is 2.22. The predicted molar refractivity (Wildman–Crippen MR) is 68.4 cm³/mol. The molecule has 1 aromatic heterocycles. The molecule has 0 aromatic carbocycles. The number of nitrogens with zero attached hydrogens (tertiary/aromatic N) is 2. The zero-order valence-corrected chi connectivity index (χ0v) is 10.7. The van der Waals surface area contributed by atoms with Gasteiger partial charge in [-0.15, -0.1) is 0 Å². The molecular weight excluding hydrogens is 198 g/mol. The summed E-state index contributed by atoms with van der Waals surface area (Å²) in [7, 11) is 0. The van der Waals surface area contributed by atoms with Gasteiger partial charge in [0, 0.05) is 19.3 Å². The van der Waals surface area contributed by atoms with Gasteiger partial charge in [0.25, 0.3) is 0 Å². The van der Waals surface area contributed by atoms with Gasteiger partial charge in [0.05, 0.1) is 5.69 Å². The van der Waals surface area contributed by atoms with Gasteiger partial charge in [-0.05, 0) is 19.0 Å². The van der Waals surface area contributed by atoms with Crippen molar-refractivity contribution in [2.75, 3.05) is 6.54 Å². The second kappa shape index (κ2) is 8.34. The first-order valence-electron chi connectivity index (χ1n) is 6.59. The molecule has 1 rings (SSSR count). The highest BCUT2D eigenvalue weighted by Crippen LogP contribution is 2.06. The van der Waals surface area contributed by atoms with E-state index >= 15 is 0 Å². The largest absolute Gasteiger partial charge is 0.311 e. The molecule has 1 aromatic rings. The summed E-state index contributed by atoms with van der Waals surface area (Å²) in [5, 5.41) is 7.70. The standard InChI is InChI=1S/C13H25N3/c1-3-5-6-7-8-11-16-13(9-10-15-16)12-14-4-2/h9-10,14H,3-8,11-12H2,1-2H3. The molecule has 0 saturated carbocycles. The van der Waals surface area contributed by atoms with Crippen molar-refractivity contribution in [3.8, 4) is 0 Å². The van der Waals surface area contributed by atoms with Crippen molar-refractivity contribution in [2.45, 2.75) is 59.0 Å². The molecule has 0 fully saturated rings. The quantitative estimate of drug-likeness (QED) is 0.652. The van der Waals surface area contributed by atoms with E-state index in [0.717, 1.165) is 19.6 Å². The van der Waals surface area contributed by atoms with Crippen molar-refractivity contribution in [2.24, 2.45) is 0 Å². The first kappa shape index (κ1) is 13.2. The first-order chi connectivity index (χ1) is 7.88. The Morgan fingerprint density at radius 1 is 1.19 bits per heavy atom. The van der Waals surface area contributed by atoms with E-state index in [0.29, 0.717) is 0 Å². The minimum Gasteiger partial charge on any atom is -0.311 e. The Kier molecular flexibility index (Phi) is 6.90. The van der Waals surface area contributed by atoms with Gasteiger partial charge in [-0.1, -0.05) is 39.5 Å². The third kappa shape index (κ3) is 4.79. The average Bonchev–Trinajstić information content (AvgIpc) is 2.74. The maximum Gasteiger partial charge on any atom is 0.0522 e. The van der Waals surface area contributed by atoms with E-state index in [9.17, 15) is 0 Å². The summed E-state index contributed by atoms with van der Waals surface area (Å²) in [6, 6.07) is 2.11. The predicted octanol–water partition coefficient (Wildman–Crippen LogP) is 2.96. The van der Waals surface area contributed by atoms with Crippen LogP contribution in [0.2, 0.25) is 0 Å². The van der Waals surface area contributed by atoms with Gasteiger partial charge in [-0.2, -0.15) is 5.10 Å². The van der Waals surface area contributed by atoms with Crippen LogP contribution < -0.4 is 5.32 Å². The van der Waals surface area contributed by atoms with Crippen LogP contribution in [0.15, 0.2) is 12.3 Å². The zero-order valence-electron chi connectivity index (χ0n) is 10.7. The van der Waals surface area contributed by atoms with Crippen LogP contribution in [0.4, 0.5) is 0 Å². The smallest absolute Gasteiger partial charge is 0.0522 e. The number of hydrogen-bond donors (Lipinski definition) is 1. The van der Waals surface area contributed by atoms with Crippen LogP contribution in [0.25, 0.3) is 0 Å². The van der Waals surface area contributed by atoms with Gasteiger partial charge in [0.15, 0.2) is 0 Å². The van der Waals surface area contributed by atoms with Crippen molar-refractivity contribution in [1.82, 2.24) is 15.1 Å². The van der Waals surface area contributed by atoms with Crippen LogP contribution in [0.1, 0.15) is 51.6 Å². The monoisotopic (exact) mass is 223 g/mol. The van der Waals surface area contributed by atoms with E-state index in [1.54, 1.807) is 0 Å². The molecular formula is C13H25N3. The van der Waals surface area contributed by atoms with Gasteiger partial charge in [-0.25, -0.2) is 0 Å². The summed E-state index contributed by atoms with van der Waals surface area (Å²) in [4.78, 5) is 0. The third-order valence-corrected chi connectivity index (χ3v) is 2.83. The summed E-state index contributed by atoms with van der Waals surface area (Å²) in [5.41, 5.74) is 1.30.